The molecule has 0 bridgehead atoms. The van der Waals surface area contributed by atoms with Gasteiger partial charge in [0, 0.05) is 6.54 Å². The van der Waals surface area contributed by atoms with E-state index in [2.05, 4.69) is 29.8 Å². The Balaban J connectivity index is 1.78. The van der Waals surface area contributed by atoms with Gasteiger partial charge in [0.1, 0.15) is 23.4 Å². The largest absolute Gasteiger partial charge is 0.467 e. The number of fused-ring (bicyclic) bond motifs is 1. The number of amides is 4. The zero-order chi connectivity index (χ0) is 30.9. The first-order valence-corrected chi connectivity index (χ1v) is 14.3. The van der Waals surface area contributed by atoms with Crippen molar-refractivity contribution in [2.75, 3.05) is 6.54 Å². The van der Waals surface area contributed by atoms with Crippen LogP contribution in [0.3, 0.4) is 0 Å². The van der Waals surface area contributed by atoms with E-state index in [9.17, 15) is 24.0 Å². The average molecular weight is 575 g/mol. The maximum atomic E-state index is 14.0. The molecule has 2 fully saturated rings. The van der Waals surface area contributed by atoms with E-state index in [1.807, 2.05) is 27.7 Å². The monoisotopic (exact) mass is 574 g/mol. The highest BCUT2D eigenvalue weighted by Crippen LogP contribution is 2.65. The molecule has 4 amide bonds. The molecule has 0 spiro atoms. The maximum absolute atomic E-state index is 14.0. The third-order valence-electron chi connectivity index (χ3n) is 7.97. The fourth-order valence-corrected chi connectivity index (χ4v) is 5.69. The Morgan fingerprint density at radius 3 is 2.29 bits per heavy atom. The maximum Gasteiger partial charge on any atom is 0.408 e. The van der Waals surface area contributed by atoms with Crippen molar-refractivity contribution in [3.05, 3.63) is 24.2 Å². The van der Waals surface area contributed by atoms with Crippen LogP contribution >= 0.6 is 0 Å². The van der Waals surface area contributed by atoms with Gasteiger partial charge < -0.3 is 30.0 Å². The number of carbonyl (C=O) groups is 5. The van der Waals surface area contributed by atoms with Crippen LogP contribution in [0.2, 0.25) is 0 Å². The zero-order valence-corrected chi connectivity index (χ0v) is 25.8. The van der Waals surface area contributed by atoms with Crippen molar-refractivity contribution in [1.29, 1.82) is 0 Å². The smallest absolute Gasteiger partial charge is 0.408 e. The molecule has 228 valence electrons. The molecule has 41 heavy (non-hydrogen) atoms. The summed E-state index contributed by atoms with van der Waals surface area (Å²) < 4.78 is 10.6. The van der Waals surface area contributed by atoms with Crippen LogP contribution in [0.4, 0.5) is 4.79 Å². The van der Waals surface area contributed by atoms with Crippen LogP contribution in [0, 0.1) is 22.7 Å². The zero-order valence-electron chi connectivity index (χ0n) is 25.8. The highest BCUT2D eigenvalue weighted by Gasteiger charge is 2.70. The summed E-state index contributed by atoms with van der Waals surface area (Å²) in [7, 11) is 0. The van der Waals surface area contributed by atoms with Crippen molar-refractivity contribution in [2.45, 2.75) is 105 Å². The van der Waals surface area contributed by atoms with Crippen molar-refractivity contribution in [1.82, 2.24) is 20.9 Å². The van der Waals surface area contributed by atoms with Gasteiger partial charge in [-0.3, -0.25) is 19.2 Å². The predicted octanol–water partition coefficient (Wildman–Crippen LogP) is 3.17. The van der Waals surface area contributed by atoms with Crippen LogP contribution in [0.15, 0.2) is 22.8 Å². The van der Waals surface area contributed by atoms with Gasteiger partial charge in [0.15, 0.2) is 0 Å². The van der Waals surface area contributed by atoms with Gasteiger partial charge >= 0.3 is 6.09 Å². The molecule has 11 heteroatoms. The predicted molar refractivity (Wildman–Crippen MR) is 151 cm³/mol. The number of piperidine rings is 1. The quantitative estimate of drug-likeness (QED) is 0.364. The van der Waals surface area contributed by atoms with E-state index in [0.29, 0.717) is 18.7 Å². The fraction of sp³-hybridized carbons (Fsp3) is 0.700. The molecule has 1 aromatic rings. The molecule has 5 atom stereocenters. The van der Waals surface area contributed by atoms with E-state index in [1.165, 1.54) is 11.2 Å². The van der Waals surface area contributed by atoms with Gasteiger partial charge in [-0.15, -0.1) is 0 Å². The molecule has 2 aliphatic rings. The molecule has 2 heterocycles. The lowest BCUT2D eigenvalue weighted by Gasteiger charge is -2.38. The van der Waals surface area contributed by atoms with Crippen molar-refractivity contribution >= 4 is 29.6 Å². The number of ketones is 1. The minimum absolute atomic E-state index is 0.0477. The van der Waals surface area contributed by atoms with Crippen LogP contribution in [0.5, 0.6) is 0 Å². The van der Waals surface area contributed by atoms with E-state index in [0.717, 1.165) is 0 Å². The number of nitrogens with zero attached hydrogens (tertiary/aromatic N) is 1. The molecule has 11 nitrogen and oxygen atoms in total. The second-order valence-corrected chi connectivity index (χ2v) is 13.8. The number of hydrogen-bond donors (Lipinski definition) is 3. The van der Waals surface area contributed by atoms with E-state index < -0.39 is 52.8 Å². The summed E-state index contributed by atoms with van der Waals surface area (Å²) in [6.45, 7) is 17.1. The summed E-state index contributed by atoms with van der Waals surface area (Å²) in [5, 5.41) is 8.04. The third-order valence-corrected chi connectivity index (χ3v) is 7.97. The number of hydrogen-bond acceptors (Lipinski definition) is 7. The number of ether oxygens (including phenoxy) is 1. The van der Waals surface area contributed by atoms with Crippen LogP contribution in [-0.2, 0) is 30.5 Å². The summed E-state index contributed by atoms with van der Waals surface area (Å²) in [4.78, 5) is 67.6. The van der Waals surface area contributed by atoms with Crippen molar-refractivity contribution < 1.29 is 33.1 Å². The van der Waals surface area contributed by atoms with Gasteiger partial charge in [0.25, 0.3) is 5.91 Å². The molecule has 1 saturated heterocycles. The minimum Gasteiger partial charge on any atom is -0.467 e. The van der Waals surface area contributed by atoms with Crippen LogP contribution < -0.4 is 16.0 Å². The topological polar surface area (TPSA) is 147 Å². The number of nitrogens with one attached hydrogen (secondary N) is 3. The van der Waals surface area contributed by atoms with Crippen LogP contribution in [0.25, 0.3) is 0 Å². The highest BCUT2D eigenvalue weighted by atomic mass is 16.6. The first-order valence-electron chi connectivity index (χ1n) is 14.3. The van der Waals surface area contributed by atoms with E-state index >= 15 is 0 Å². The minimum atomic E-state index is -1.04. The number of alkyl carbamates (subject to hydrolysis) is 1. The lowest BCUT2D eigenvalue weighted by Crippen LogP contribution is -2.60. The molecule has 0 aromatic carbocycles. The molecular weight excluding hydrogens is 528 g/mol. The lowest BCUT2D eigenvalue weighted by atomic mass is 9.85. The van der Waals surface area contributed by atoms with E-state index in [-0.39, 0.29) is 36.1 Å². The first kappa shape index (κ1) is 32.1. The second kappa shape index (κ2) is 11.9. The third kappa shape index (κ3) is 7.48. The molecule has 1 saturated carbocycles. The van der Waals surface area contributed by atoms with Crippen molar-refractivity contribution in [3.8, 4) is 0 Å². The lowest BCUT2D eigenvalue weighted by molar-refractivity contribution is -0.145. The Hall–Kier alpha value is -3.37. The number of furan rings is 1. The SMILES string of the molecule is CCCC(NC(=O)[C@@H]1[C@@H]2C(CN1C(=O)[C@@H](NC(=O)OC(C)(C)C)C(C)(C)C)C2(C)C)C(=O)C(=O)NCc1ccco1. The Kier molecular flexibility index (Phi) is 9.30. The number of rotatable bonds is 10. The van der Waals surface area contributed by atoms with Gasteiger partial charge in [-0.2, -0.15) is 0 Å². The Morgan fingerprint density at radius 2 is 1.76 bits per heavy atom. The summed E-state index contributed by atoms with van der Waals surface area (Å²) in [5.41, 5.74) is -1.59. The summed E-state index contributed by atoms with van der Waals surface area (Å²) in [6, 6.07) is 0.524. The molecule has 2 unspecified atom stereocenters. The van der Waals surface area contributed by atoms with Crippen LogP contribution in [0.1, 0.15) is 80.9 Å². The van der Waals surface area contributed by atoms with E-state index in [4.69, 9.17) is 9.15 Å². The molecular formula is C30H46N4O7. The van der Waals surface area contributed by atoms with Gasteiger partial charge in [0.05, 0.1) is 18.8 Å². The average Bonchev–Trinajstić information content (AvgIpc) is 3.29. The summed E-state index contributed by atoms with van der Waals surface area (Å²) in [5.74, 6) is -1.96. The first-order chi connectivity index (χ1) is 18.9. The summed E-state index contributed by atoms with van der Waals surface area (Å²) in [6.07, 6.45) is 1.57. The molecule has 0 radical (unpaired) electrons. The van der Waals surface area contributed by atoms with E-state index in [1.54, 1.807) is 32.9 Å². The fourth-order valence-electron chi connectivity index (χ4n) is 5.69. The Morgan fingerprint density at radius 1 is 1.10 bits per heavy atom. The van der Waals surface area contributed by atoms with Gasteiger partial charge in [-0.05, 0) is 62.0 Å². The molecule has 1 aliphatic carbocycles. The van der Waals surface area contributed by atoms with Gasteiger partial charge in [-0.1, -0.05) is 48.0 Å². The number of carbonyl (C=O) groups excluding carboxylic acids is 5. The molecule has 1 aliphatic heterocycles. The standard InChI is InChI=1S/C30H46N4O7/c1-10-12-19(22(35)25(37)31-15-17-13-11-14-40-17)32-24(36)21-20-18(30(20,8)9)16-34(21)26(38)23(28(2,3)4)33-27(39)41-29(5,6)7/h11,13-14,18-21,23H,10,12,15-16H2,1-9H3,(H,31,37)(H,32,36)(H,33,39)/t18?,19?,20-,21-,23+/m0/s1. The second-order valence-electron chi connectivity index (χ2n) is 13.8. The number of Topliss-reactive ketones (excluding diaryl/α,β-unsaturated/α-hetero) is 1. The highest BCUT2D eigenvalue weighted by molar-refractivity contribution is 6.38. The van der Waals surface area contributed by atoms with Gasteiger partial charge in [-0.25, -0.2) is 4.79 Å². The summed E-state index contributed by atoms with van der Waals surface area (Å²) >= 11 is 0. The van der Waals surface area contributed by atoms with Crippen LogP contribution in [-0.4, -0.2) is 64.8 Å². The Bertz CT molecular complexity index is 1150. The Labute approximate surface area is 242 Å². The van der Waals surface area contributed by atoms with Crippen molar-refractivity contribution in [2.24, 2.45) is 22.7 Å². The van der Waals surface area contributed by atoms with Crippen molar-refractivity contribution in [3.63, 3.8) is 0 Å². The molecule has 3 rings (SSSR count). The normalized spacial score (nSPS) is 22.7. The molecule has 1 aromatic heterocycles. The molecule has 3 N–H and O–H groups in total. The van der Waals surface area contributed by atoms with Gasteiger partial charge in [0.2, 0.25) is 17.6 Å². The number of likely N-dealkylation sites (tertiary alicyclic amines) is 1.